The molecular formula is C18H16ClI3N6O6. The molecule has 34 heavy (non-hydrogen) atoms. The highest BCUT2D eigenvalue weighted by Gasteiger charge is 2.11. The van der Waals surface area contributed by atoms with Crippen LogP contribution in [0.25, 0.3) is 0 Å². The predicted molar refractivity (Wildman–Crippen MR) is 158 cm³/mol. The summed E-state index contributed by atoms with van der Waals surface area (Å²) in [6.45, 7) is 0. The topological polar surface area (TPSA) is 207 Å². The van der Waals surface area contributed by atoms with Crippen LogP contribution >= 0.6 is 75.6 Å². The summed E-state index contributed by atoms with van der Waals surface area (Å²) in [4.78, 5) is 29.3. The molecule has 0 amide bonds. The summed E-state index contributed by atoms with van der Waals surface area (Å²) < 4.78 is 1.62. The van der Waals surface area contributed by atoms with Crippen LogP contribution in [0.15, 0.2) is 60.7 Å². The van der Waals surface area contributed by atoms with Crippen molar-refractivity contribution in [1.29, 1.82) is 0 Å². The molecule has 3 aromatic carbocycles. The molecule has 0 unspecified atom stereocenters. The lowest BCUT2D eigenvalue weighted by atomic mass is 10.3. The van der Waals surface area contributed by atoms with Crippen LogP contribution in [-0.4, -0.2) is 14.8 Å². The summed E-state index contributed by atoms with van der Waals surface area (Å²) >= 11 is 5.61. The zero-order valence-electron chi connectivity index (χ0n) is 16.8. The Labute approximate surface area is 237 Å². The van der Waals surface area contributed by atoms with E-state index in [9.17, 15) is 30.3 Å². The number of nitrogen functional groups attached to an aromatic ring is 3. The zero-order chi connectivity index (χ0) is 26.4. The molecular weight excluding hydrogens is 812 g/mol. The van der Waals surface area contributed by atoms with E-state index in [2.05, 4.69) is 8.91 Å². The van der Waals surface area contributed by atoms with Crippen LogP contribution in [0.3, 0.4) is 0 Å². The lowest BCUT2D eigenvalue weighted by Gasteiger charge is -1.95. The normalized spacial score (nSPS) is 9.06. The Morgan fingerprint density at radius 1 is 0.588 bits per heavy atom. The average molecular weight is 829 g/mol. The first kappa shape index (κ1) is 31.7. The van der Waals surface area contributed by atoms with E-state index in [-0.39, 0.29) is 34.1 Å². The van der Waals surface area contributed by atoms with Gasteiger partial charge < -0.3 is 17.2 Å². The van der Waals surface area contributed by atoms with E-state index in [1.165, 1.54) is 36.4 Å². The number of halogens is 4. The Hall–Kier alpha value is -2.26. The lowest BCUT2D eigenvalue weighted by Crippen LogP contribution is -1.95. The van der Waals surface area contributed by atoms with E-state index >= 15 is 0 Å². The maximum absolute atomic E-state index is 10.3. The van der Waals surface area contributed by atoms with Crippen molar-refractivity contribution in [2.24, 2.45) is 0 Å². The molecule has 0 atom stereocenters. The Kier molecular flexibility index (Phi) is 15.3. The van der Waals surface area contributed by atoms with Crippen molar-refractivity contribution in [3.05, 3.63) is 98.1 Å². The summed E-state index contributed by atoms with van der Waals surface area (Å²) in [5.74, 6) is 0. The second-order valence-corrected chi connectivity index (χ2v) is 8.23. The molecule has 182 valence electrons. The van der Waals surface area contributed by atoms with Gasteiger partial charge in [-0.3, -0.25) is 30.3 Å². The number of nitro groups is 3. The molecule has 12 nitrogen and oxygen atoms in total. The van der Waals surface area contributed by atoms with Gasteiger partial charge in [-0.15, -0.1) is 0 Å². The molecule has 0 saturated heterocycles. The fraction of sp³-hybridized carbons (Fsp3) is 0. The van der Waals surface area contributed by atoms with Gasteiger partial charge in [-0.1, -0.05) is 12.1 Å². The number of benzene rings is 3. The number of nitrogens with two attached hydrogens (primary N) is 3. The van der Waals surface area contributed by atoms with E-state index < -0.39 is 14.8 Å². The van der Waals surface area contributed by atoms with E-state index in [0.717, 1.165) is 7.14 Å². The molecule has 6 N–H and O–H groups in total. The van der Waals surface area contributed by atoms with Crippen LogP contribution in [0.4, 0.5) is 34.1 Å². The van der Waals surface area contributed by atoms with Gasteiger partial charge in [0.2, 0.25) is 0 Å². The predicted octanol–water partition coefficient (Wildman–Crippen LogP) is 6.32. The number of anilines is 3. The highest BCUT2D eigenvalue weighted by molar-refractivity contribution is 14.1. The van der Waals surface area contributed by atoms with Gasteiger partial charge in [0.15, 0.2) is 0 Å². The molecule has 0 radical (unpaired) electrons. The van der Waals surface area contributed by atoms with Gasteiger partial charge in [0.25, 0.3) is 17.1 Å². The molecule has 0 aliphatic rings. The van der Waals surface area contributed by atoms with E-state index in [4.69, 9.17) is 17.2 Å². The Bertz CT molecular complexity index is 1090. The molecule has 0 saturated carbocycles. The highest BCUT2D eigenvalue weighted by Crippen LogP contribution is 2.23. The number of rotatable bonds is 3. The quantitative estimate of drug-likeness (QED) is 0.117. The Balaban J connectivity index is 0.000000463. The van der Waals surface area contributed by atoms with Crippen molar-refractivity contribution in [3.63, 3.8) is 0 Å². The van der Waals surface area contributed by atoms with Crippen LogP contribution in [0.2, 0.25) is 0 Å². The Morgan fingerprint density at radius 3 is 1.18 bits per heavy atom. The van der Waals surface area contributed by atoms with Gasteiger partial charge in [0, 0.05) is 46.8 Å². The van der Waals surface area contributed by atoms with Crippen LogP contribution in [0.5, 0.6) is 0 Å². The smallest absolute Gasteiger partial charge is 0.293 e. The third-order valence-corrected chi connectivity index (χ3v) is 4.85. The second-order valence-electron chi connectivity index (χ2n) is 5.74. The van der Waals surface area contributed by atoms with Crippen molar-refractivity contribution in [3.8, 4) is 0 Å². The number of para-hydroxylation sites is 2. The molecule has 0 fully saturated rings. The van der Waals surface area contributed by atoms with E-state index in [1.54, 1.807) is 45.7 Å². The average Bonchev–Trinajstić information content (AvgIpc) is 2.79. The molecule has 0 aliphatic carbocycles. The fourth-order valence-corrected chi connectivity index (χ4v) is 2.95. The van der Waals surface area contributed by atoms with Crippen LogP contribution in [0.1, 0.15) is 0 Å². The summed E-state index contributed by atoms with van der Waals surface area (Å²) in [7, 11) is 4.61. The van der Waals surface area contributed by atoms with Crippen LogP contribution in [-0.2, 0) is 0 Å². The molecule has 16 heteroatoms. The summed E-state index contributed by atoms with van der Waals surface area (Å²) in [6, 6.07) is 15.5. The van der Waals surface area contributed by atoms with Gasteiger partial charge in [0.05, 0.1) is 14.8 Å². The molecule has 0 bridgehead atoms. The minimum atomic E-state index is -0.505. The summed E-state index contributed by atoms with van der Waals surface area (Å²) in [5, 5.41) is 30.7. The second kappa shape index (κ2) is 16.4. The van der Waals surface area contributed by atoms with Crippen molar-refractivity contribution in [1.82, 2.24) is 0 Å². The minimum absolute atomic E-state index is 0.0306. The van der Waals surface area contributed by atoms with Gasteiger partial charge in [-0.2, -0.15) is 0 Å². The maximum atomic E-state index is 10.3. The monoisotopic (exact) mass is 828 g/mol. The first-order valence-electron chi connectivity index (χ1n) is 8.46. The lowest BCUT2D eigenvalue weighted by molar-refractivity contribution is -0.384. The number of hydrogen-bond acceptors (Lipinski definition) is 9. The number of hydrogen-bond donors (Lipinski definition) is 3. The number of nitrogens with zero attached hydrogens (tertiary/aromatic N) is 3. The van der Waals surface area contributed by atoms with Gasteiger partial charge in [0.1, 0.15) is 17.1 Å². The van der Waals surface area contributed by atoms with Gasteiger partial charge in [-0.05, 0) is 84.4 Å². The van der Waals surface area contributed by atoms with Gasteiger partial charge in [-0.25, -0.2) is 0 Å². The highest BCUT2D eigenvalue weighted by atomic mass is 127. The summed E-state index contributed by atoms with van der Waals surface area (Å²) in [5.41, 5.74) is 16.5. The maximum Gasteiger partial charge on any atom is 0.293 e. The van der Waals surface area contributed by atoms with Crippen molar-refractivity contribution in [2.45, 2.75) is 0 Å². The first-order chi connectivity index (χ1) is 15.9. The van der Waals surface area contributed by atoms with Crippen molar-refractivity contribution in [2.75, 3.05) is 17.2 Å². The fourth-order valence-electron chi connectivity index (χ4n) is 2.00. The van der Waals surface area contributed by atoms with Crippen LogP contribution < -0.4 is 17.2 Å². The molecule has 3 rings (SSSR count). The van der Waals surface area contributed by atoms with E-state index in [1.807, 2.05) is 45.2 Å². The SMILES string of the molecule is ClI.Nc1ccc(I)cc1[N+](=O)[O-].Nc1ccc(I)cc1[N+](=O)[O-].Nc1ccccc1[N+](=O)[O-]. The largest absolute Gasteiger partial charge is 0.393 e. The van der Waals surface area contributed by atoms with Gasteiger partial charge >= 0.3 is 0 Å². The minimum Gasteiger partial charge on any atom is -0.393 e. The molecule has 0 spiro atoms. The molecule has 0 aromatic heterocycles. The van der Waals surface area contributed by atoms with E-state index in [0.29, 0.717) is 0 Å². The van der Waals surface area contributed by atoms with Crippen molar-refractivity contribution >= 4 is 110 Å². The van der Waals surface area contributed by atoms with Crippen LogP contribution in [0, 0.1) is 37.5 Å². The first-order valence-corrected chi connectivity index (χ1v) is 13.3. The molecule has 0 aliphatic heterocycles. The zero-order valence-corrected chi connectivity index (χ0v) is 24.0. The Morgan fingerprint density at radius 2 is 0.912 bits per heavy atom. The standard InChI is InChI=1S/2C6H5IN2O2.C6H6N2O2.ClI/c2*7-4-1-2-5(8)6(3-4)9(10)11;7-5-3-1-2-4-6(5)8(9)10;1-2/h2*1-3H,8H2;1-4H,7H2;. The number of nitro benzene ring substituents is 3. The third kappa shape index (κ3) is 11.2. The van der Waals surface area contributed by atoms with Crippen molar-refractivity contribution < 1.29 is 14.8 Å². The third-order valence-electron chi connectivity index (χ3n) is 3.51. The summed E-state index contributed by atoms with van der Waals surface area (Å²) in [6.07, 6.45) is 0. The molecule has 0 heterocycles. The molecule has 3 aromatic rings.